The summed E-state index contributed by atoms with van der Waals surface area (Å²) in [6.45, 7) is 0. The van der Waals surface area contributed by atoms with Crippen molar-refractivity contribution in [2.75, 3.05) is 5.32 Å². The maximum Gasteiger partial charge on any atom is 0.258 e. The molecule has 0 aliphatic rings. The molecule has 16 heavy (non-hydrogen) atoms. The van der Waals surface area contributed by atoms with Gasteiger partial charge in [-0.2, -0.15) is 11.3 Å². The second-order valence-corrected chi connectivity index (χ2v) is 3.91. The van der Waals surface area contributed by atoms with E-state index in [0.29, 0.717) is 5.69 Å². The zero-order valence-electron chi connectivity index (χ0n) is 8.11. The highest BCUT2D eigenvalue weighted by atomic mass is 32.1. The van der Waals surface area contributed by atoms with Crippen molar-refractivity contribution < 1.29 is 14.3 Å². The Morgan fingerprint density at radius 1 is 1.38 bits per heavy atom. The Morgan fingerprint density at radius 3 is 2.81 bits per heavy atom. The number of rotatable bonds is 2. The lowest BCUT2D eigenvalue weighted by Crippen LogP contribution is -2.12. The van der Waals surface area contributed by atoms with E-state index in [0.717, 1.165) is 6.07 Å². The number of thiophene rings is 1. The average molecular weight is 237 g/mol. The SMILES string of the molecule is O=C(Nc1ccsc1)c1ccc(O)cc1F. The zero-order valence-corrected chi connectivity index (χ0v) is 8.92. The van der Waals surface area contributed by atoms with Crippen LogP contribution in [0.3, 0.4) is 0 Å². The van der Waals surface area contributed by atoms with E-state index in [1.165, 1.54) is 23.5 Å². The predicted octanol–water partition coefficient (Wildman–Crippen LogP) is 2.85. The number of phenols is 1. The smallest absolute Gasteiger partial charge is 0.258 e. The molecule has 3 nitrogen and oxygen atoms in total. The molecule has 1 amide bonds. The minimum Gasteiger partial charge on any atom is -0.508 e. The van der Waals surface area contributed by atoms with Crippen LogP contribution in [0.4, 0.5) is 10.1 Å². The van der Waals surface area contributed by atoms with Crippen molar-refractivity contribution >= 4 is 22.9 Å². The third kappa shape index (κ3) is 2.20. The number of benzene rings is 1. The highest BCUT2D eigenvalue weighted by molar-refractivity contribution is 7.08. The zero-order chi connectivity index (χ0) is 11.5. The first kappa shape index (κ1) is 10.6. The molecule has 0 fully saturated rings. The van der Waals surface area contributed by atoms with Gasteiger partial charge in [-0.15, -0.1) is 0 Å². The predicted molar refractivity (Wildman–Crippen MR) is 60.3 cm³/mol. The summed E-state index contributed by atoms with van der Waals surface area (Å²) in [5.41, 5.74) is 0.534. The Bertz CT molecular complexity index is 511. The number of aromatic hydroxyl groups is 1. The van der Waals surface area contributed by atoms with Gasteiger partial charge in [-0.25, -0.2) is 4.39 Å². The number of nitrogens with one attached hydrogen (secondary N) is 1. The molecule has 0 unspecified atom stereocenters. The molecule has 0 atom stereocenters. The molecule has 82 valence electrons. The van der Waals surface area contributed by atoms with Crippen molar-refractivity contribution in [3.05, 3.63) is 46.4 Å². The molecule has 0 aliphatic heterocycles. The van der Waals surface area contributed by atoms with Gasteiger partial charge in [0.15, 0.2) is 0 Å². The molecule has 1 heterocycles. The van der Waals surface area contributed by atoms with Crippen LogP contribution in [0.2, 0.25) is 0 Å². The van der Waals surface area contributed by atoms with Crippen LogP contribution in [0.25, 0.3) is 0 Å². The van der Waals surface area contributed by atoms with Crippen LogP contribution in [0.15, 0.2) is 35.0 Å². The molecule has 0 spiro atoms. The summed E-state index contributed by atoms with van der Waals surface area (Å²) in [4.78, 5) is 11.6. The molecular weight excluding hydrogens is 229 g/mol. The van der Waals surface area contributed by atoms with Gasteiger partial charge >= 0.3 is 0 Å². The normalized spacial score (nSPS) is 10.1. The quantitative estimate of drug-likeness (QED) is 0.843. The fourth-order valence-corrected chi connectivity index (χ4v) is 1.81. The van der Waals surface area contributed by atoms with Crippen molar-refractivity contribution in [1.29, 1.82) is 0 Å². The van der Waals surface area contributed by atoms with Crippen LogP contribution in [0.1, 0.15) is 10.4 Å². The topological polar surface area (TPSA) is 49.3 Å². The Balaban J connectivity index is 2.21. The maximum absolute atomic E-state index is 13.3. The minimum absolute atomic E-state index is 0.0935. The highest BCUT2D eigenvalue weighted by Crippen LogP contribution is 2.18. The van der Waals surface area contributed by atoms with Gasteiger partial charge in [-0.1, -0.05) is 0 Å². The number of hydrogen-bond acceptors (Lipinski definition) is 3. The molecule has 0 aliphatic carbocycles. The summed E-state index contributed by atoms with van der Waals surface area (Å²) < 4.78 is 13.3. The fraction of sp³-hybridized carbons (Fsp3) is 0. The van der Waals surface area contributed by atoms with Crippen LogP contribution < -0.4 is 5.32 Å². The van der Waals surface area contributed by atoms with Crippen LogP contribution in [0.5, 0.6) is 5.75 Å². The summed E-state index contributed by atoms with van der Waals surface area (Å²) in [6.07, 6.45) is 0. The molecule has 0 bridgehead atoms. The Labute approximate surface area is 95.2 Å². The van der Waals surface area contributed by atoms with Gasteiger partial charge < -0.3 is 10.4 Å². The van der Waals surface area contributed by atoms with Crippen molar-refractivity contribution in [1.82, 2.24) is 0 Å². The molecule has 1 aromatic carbocycles. The Morgan fingerprint density at radius 2 is 2.19 bits per heavy atom. The summed E-state index contributed by atoms with van der Waals surface area (Å²) >= 11 is 1.43. The second kappa shape index (κ2) is 4.32. The van der Waals surface area contributed by atoms with E-state index in [9.17, 15) is 9.18 Å². The minimum atomic E-state index is -0.743. The fourth-order valence-electron chi connectivity index (χ4n) is 1.22. The number of phenolic OH excluding ortho intramolecular Hbond substituents is 1. The molecule has 0 saturated carbocycles. The van der Waals surface area contributed by atoms with Crippen molar-refractivity contribution in [2.45, 2.75) is 0 Å². The van der Waals surface area contributed by atoms with Crippen LogP contribution in [0, 0.1) is 5.82 Å². The summed E-state index contributed by atoms with van der Waals surface area (Å²) in [6, 6.07) is 5.14. The number of halogens is 1. The van der Waals surface area contributed by atoms with Crippen molar-refractivity contribution in [3.63, 3.8) is 0 Å². The standard InChI is InChI=1S/C11H8FNO2S/c12-10-5-8(14)1-2-9(10)11(15)13-7-3-4-16-6-7/h1-6,14H,(H,13,15). The molecular formula is C11H8FNO2S. The molecule has 1 aromatic heterocycles. The lowest BCUT2D eigenvalue weighted by molar-refractivity contribution is 0.102. The van der Waals surface area contributed by atoms with Gasteiger partial charge in [0.25, 0.3) is 5.91 Å². The van der Waals surface area contributed by atoms with Crippen molar-refractivity contribution in [2.24, 2.45) is 0 Å². The monoisotopic (exact) mass is 237 g/mol. The third-order valence-corrected chi connectivity index (χ3v) is 2.66. The van der Waals surface area contributed by atoms with E-state index >= 15 is 0 Å². The van der Waals surface area contributed by atoms with Crippen LogP contribution in [-0.2, 0) is 0 Å². The van der Waals surface area contributed by atoms with Crippen LogP contribution in [-0.4, -0.2) is 11.0 Å². The third-order valence-electron chi connectivity index (χ3n) is 1.98. The number of hydrogen-bond donors (Lipinski definition) is 2. The Kier molecular flexibility index (Phi) is 2.87. The molecule has 0 radical (unpaired) electrons. The van der Waals surface area contributed by atoms with E-state index < -0.39 is 11.7 Å². The highest BCUT2D eigenvalue weighted by Gasteiger charge is 2.12. The molecule has 2 aromatic rings. The first-order valence-electron chi connectivity index (χ1n) is 4.49. The number of carbonyl (C=O) groups excluding carboxylic acids is 1. The molecule has 2 N–H and O–H groups in total. The van der Waals surface area contributed by atoms with Gasteiger partial charge in [0.2, 0.25) is 0 Å². The second-order valence-electron chi connectivity index (χ2n) is 3.13. The van der Waals surface area contributed by atoms with Gasteiger partial charge in [-0.05, 0) is 23.6 Å². The van der Waals surface area contributed by atoms with Crippen LogP contribution >= 0.6 is 11.3 Å². The molecule has 5 heteroatoms. The van der Waals surface area contributed by atoms with Crippen molar-refractivity contribution in [3.8, 4) is 5.75 Å². The average Bonchev–Trinajstić information content (AvgIpc) is 2.70. The van der Waals surface area contributed by atoms with Gasteiger partial charge in [0, 0.05) is 11.4 Å². The van der Waals surface area contributed by atoms with E-state index in [-0.39, 0.29) is 11.3 Å². The largest absolute Gasteiger partial charge is 0.508 e. The lowest BCUT2D eigenvalue weighted by atomic mass is 10.2. The lowest BCUT2D eigenvalue weighted by Gasteiger charge is -2.04. The summed E-state index contributed by atoms with van der Waals surface area (Å²) in [5, 5.41) is 15.1. The van der Waals surface area contributed by atoms with E-state index in [4.69, 9.17) is 5.11 Å². The van der Waals surface area contributed by atoms with E-state index in [2.05, 4.69) is 5.32 Å². The number of carbonyl (C=O) groups is 1. The van der Waals surface area contributed by atoms with E-state index in [1.54, 1.807) is 11.4 Å². The Hall–Kier alpha value is -1.88. The molecule has 0 saturated heterocycles. The summed E-state index contributed by atoms with van der Waals surface area (Å²) in [7, 11) is 0. The van der Waals surface area contributed by atoms with Gasteiger partial charge in [0.05, 0.1) is 11.3 Å². The summed E-state index contributed by atoms with van der Waals surface area (Å²) in [5.74, 6) is -1.48. The van der Waals surface area contributed by atoms with E-state index in [1.807, 2.05) is 5.38 Å². The molecule has 2 rings (SSSR count). The number of amides is 1. The number of anilines is 1. The maximum atomic E-state index is 13.3. The van der Waals surface area contributed by atoms with Gasteiger partial charge in [0.1, 0.15) is 11.6 Å². The first-order valence-corrected chi connectivity index (χ1v) is 5.43. The first-order chi connectivity index (χ1) is 7.66. The van der Waals surface area contributed by atoms with Gasteiger partial charge in [-0.3, -0.25) is 4.79 Å².